The van der Waals surface area contributed by atoms with Crippen LogP contribution in [0.2, 0.25) is 0 Å². The van der Waals surface area contributed by atoms with Gasteiger partial charge in [0.2, 0.25) is 5.91 Å². The number of nitrogens with one attached hydrogen (secondary N) is 3. The fraction of sp³-hybridized carbons (Fsp3) is 0.300. The Labute approximate surface area is 186 Å². The summed E-state index contributed by atoms with van der Waals surface area (Å²) in [5.74, 6) is -1.72. The zero-order valence-electron chi connectivity index (χ0n) is 20.1. The van der Waals surface area contributed by atoms with Crippen LogP contribution in [0.1, 0.15) is 27.4 Å². The molecule has 3 aromatic rings. The number of aryl methyl sites for hydroxylation is 1. The number of nitrogens with zero attached hydrogens (tertiary/aromatic N) is 5. The lowest BCUT2D eigenvalue weighted by Crippen LogP contribution is -2.22. The van der Waals surface area contributed by atoms with Gasteiger partial charge in [0.15, 0.2) is 23.1 Å². The number of aromatic nitrogens is 5. The average Bonchev–Trinajstić information content (AvgIpc) is 3.53. The Balaban J connectivity index is 1.76. The molecule has 0 aliphatic heterocycles. The predicted molar refractivity (Wildman–Crippen MR) is 113 cm³/mol. The maximum atomic E-state index is 14.6. The number of carbonyl (C=O) groups excluding carboxylic acids is 2. The molecule has 1 fully saturated rings. The minimum absolute atomic E-state index is 0.0248. The summed E-state index contributed by atoms with van der Waals surface area (Å²) >= 11 is 0. The number of amides is 2. The highest BCUT2D eigenvalue weighted by atomic mass is 19.1. The van der Waals surface area contributed by atoms with Crippen molar-refractivity contribution in [2.24, 2.45) is 13.0 Å². The molecule has 2 amide bonds. The zero-order valence-corrected chi connectivity index (χ0v) is 17.1. The Morgan fingerprint density at radius 1 is 1.25 bits per heavy atom. The van der Waals surface area contributed by atoms with Crippen LogP contribution < -0.4 is 20.7 Å². The molecule has 4 rings (SSSR count). The standard InChI is InChI=1S/C20H21FN8O3/c1-22-20(31)16-13(8-15(26-27-16)25-19(30)10-4-5-10)24-14-7-11(21)6-12(17(14)32-3)18-23-9-29(2)28-18/h6-10H,4-5H2,1-3H3,(H,22,31)(H2,24,25,26,30)/i1D3. The first-order chi connectivity index (χ1) is 16.5. The molecule has 32 heavy (non-hydrogen) atoms. The van der Waals surface area contributed by atoms with E-state index in [1.165, 1.54) is 30.3 Å². The highest BCUT2D eigenvalue weighted by Crippen LogP contribution is 2.38. The van der Waals surface area contributed by atoms with Crippen LogP contribution in [0.25, 0.3) is 11.4 Å². The molecule has 1 aromatic carbocycles. The van der Waals surface area contributed by atoms with Crippen molar-refractivity contribution in [2.45, 2.75) is 12.8 Å². The highest BCUT2D eigenvalue weighted by molar-refractivity contribution is 6.00. The van der Waals surface area contributed by atoms with Gasteiger partial charge in [0.05, 0.1) is 24.0 Å². The van der Waals surface area contributed by atoms with Crippen molar-refractivity contribution in [1.82, 2.24) is 30.3 Å². The number of ether oxygens (including phenoxy) is 1. The van der Waals surface area contributed by atoms with Crippen molar-refractivity contribution >= 4 is 29.0 Å². The van der Waals surface area contributed by atoms with Gasteiger partial charge in [-0.3, -0.25) is 14.3 Å². The number of hydrogen-bond acceptors (Lipinski definition) is 8. The third kappa shape index (κ3) is 4.33. The molecule has 1 saturated carbocycles. The van der Waals surface area contributed by atoms with Crippen molar-refractivity contribution in [3.05, 3.63) is 36.0 Å². The van der Waals surface area contributed by atoms with Gasteiger partial charge in [-0.05, 0) is 18.9 Å². The first-order valence-electron chi connectivity index (χ1n) is 11.1. The first kappa shape index (κ1) is 17.6. The number of methoxy groups -OCH3 is 1. The quantitative estimate of drug-likeness (QED) is 0.504. The summed E-state index contributed by atoms with van der Waals surface area (Å²) in [4.78, 5) is 28.9. The monoisotopic (exact) mass is 443 g/mol. The number of halogens is 1. The summed E-state index contributed by atoms with van der Waals surface area (Å²) in [6.07, 6.45) is 2.95. The maximum absolute atomic E-state index is 14.6. The third-order valence-electron chi connectivity index (χ3n) is 4.69. The molecule has 0 bridgehead atoms. The van der Waals surface area contributed by atoms with Crippen LogP contribution >= 0.6 is 0 Å². The van der Waals surface area contributed by atoms with Gasteiger partial charge in [0, 0.05) is 36.2 Å². The Kier molecular flexibility index (Phi) is 4.71. The van der Waals surface area contributed by atoms with Crippen LogP contribution in [0.3, 0.4) is 0 Å². The molecule has 166 valence electrons. The van der Waals surface area contributed by atoms with Gasteiger partial charge < -0.3 is 20.7 Å². The van der Waals surface area contributed by atoms with E-state index in [-0.39, 0.29) is 46.2 Å². The molecule has 2 aromatic heterocycles. The summed E-state index contributed by atoms with van der Waals surface area (Å²) in [6.45, 7) is -2.79. The molecule has 1 aliphatic rings. The Bertz CT molecular complexity index is 1290. The lowest BCUT2D eigenvalue weighted by atomic mass is 10.1. The second-order valence-electron chi connectivity index (χ2n) is 7.11. The van der Waals surface area contributed by atoms with Gasteiger partial charge >= 0.3 is 0 Å². The number of rotatable bonds is 7. The largest absolute Gasteiger partial charge is 0.494 e. The van der Waals surface area contributed by atoms with E-state index in [0.29, 0.717) is 0 Å². The number of carbonyl (C=O) groups is 2. The van der Waals surface area contributed by atoms with E-state index in [9.17, 15) is 14.0 Å². The van der Waals surface area contributed by atoms with Gasteiger partial charge in [0.1, 0.15) is 12.1 Å². The van der Waals surface area contributed by atoms with Gasteiger partial charge in [-0.1, -0.05) is 0 Å². The smallest absolute Gasteiger partial charge is 0.273 e. The first-order valence-corrected chi connectivity index (χ1v) is 9.55. The molecule has 1 aliphatic carbocycles. The second kappa shape index (κ2) is 8.57. The van der Waals surface area contributed by atoms with Crippen molar-refractivity contribution in [1.29, 1.82) is 0 Å². The zero-order chi connectivity index (χ0) is 25.3. The molecule has 12 heteroatoms. The maximum Gasteiger partial charge on any atom is 0.273 e. The average molecular weight is 443 g/mol. The van der Waals surface area contributed by atoms with Gasteiger partial charge in [-0.25, -0.2) is 9.37 Å². The number of hydrogen-bond donors (Lipinski definition) is 3. The van der Waals surface area contributed by atoms with E-state index in [1.54, 1.807) is 7.05 Å². The van der Waals surface area contributed by atoms with E-state index >= 15 is 0 Å². The molecule has 2 heterocycles. The minimum atomic E-state index is -2.79. The highest BCUT2D eigenvalue weighted by Gasteiger charge is 2.30. The van der Waals surface area contributed by atoms with E-state index in [2.05, 4.69) is 30.9 Å². The molecular formula is C20H21FN8O3. The van der Waals surface area contributed by atoms with E-state index in [1.807, 2.05) is 5.32 Å². The van der Waals surface area contributed by atoms with Crippen LogP contribution in [0, 0.1) is 11.7 Å². The van der Waals surface area contributed by atoms with Crippen LogP contribution in [-0.2, 0) is 11.8 Å². The fourth-order valence-corrected chi connectivity index (χ4v) is 3.03. The molecule has 0 spiro atoms. The topological polar surface area (TPSA) is 136 Å². The number of anilines is 3. The molecular weight excluding hydrogens is 419 g/mol. The van der Waals surface area contributed by atoms with Crippen molar-refractivity contribution in [2.75, 3.05) is 24.7 Å². The third-order valence-corrected chi connectivity index (χ3v) is 4.69. The van der Waals surface area contributed by atoms with Crippen molar-refractivity contribution < 1.29 is 22.8 Å². The van der Waals surface area contributed by atoms with Crippen molar-refractivity contribution in [3.8, 4) is 17.1 Å². The van der Waals surface area contributed by atoms with Crippen LogP contribution in [-0.4, -0.2) is 50.9 Å². The summed E-state index contributed by atoms with van der Waals surface area (Å²) in [5, 5.41) is 19.1. The Hall–Kier alpha value is -4.09. The lowest BCUT2D eigenvalue weighted by molar-refractivity contribution is -0.117. The van der Waals surface area contributed by atoms with Gasteiger partial charge in [-0.2, -0.15) is 5.10 Å². The van der Waals surface area contributed by atoms with Crippen LogP contribution in [0.5, 0.6) is 5.75 Å². The van der Waals surface area contributed by atoms with Gasteiger partial charge in [-0.15, -0.1) is 10.2 Å². The van der Waals surface area contributed by atoms with E-state index in [0.717, 1.165) is 18.9 Å². The fourth-order valence-electron chi connectivity index (χ4n) is 3.03. The van der Waals surface area contributed by atoms with Crippen LogP contribution in [0.4, 0.5) is 21.6 Å². The van der Waals surface area contributed by atoms with Crippen LogP contribution in [0.15, 0.2) is 24.5 Å². The van der Waals surface area contributed by atoms with E-state index < -0.39 is 24.4 Å². The number of benzene rings is 1. The molecule has 0 atom stereocenters. The molecule has 11 nitrogen and oxygen atoms in total. The van der Waals surface area contributed by atoms with E-state index in [4.69, 9.17) is 8.85 Å². The molecule has 0 saturated heterocycles. The molecule has 0 radical (unpaired) electrons. The summed E-state index contributed by atoms with van der Waals surface area (Å²) in [6, 6.07) is 3.60. The van der Waals surface area contributed by atoms with Crippen molar-refractivity contribution in [3.63, 3.8) is 0 Å². The normalized spacial score (nSPS) is 14.7. The van der Waals surface area contributed by atoms with Gasteiger partial charge in [0.25, 0.3) is 5.91 Å². The Morgan fingerprint density at radius 3 is 2.72 bits per heavy atom. The summed E-state index contributed by atoms with van der Waals surface area (Å²) in [5.41, 5.74) is -0.134. The molecule has 0 unspecified atom stereocenters. The Morgan fingerprint density at radius 2 is 2.06 bits per heavy atom. The lowest BCUT2D eigenvalue weighted by Gasteiger charge is -2.16. The molecule has 3 N–H and O–H groups in total. The SMILES string of the molecule is [2H]C([2H])([2H])NC(=O)c1nnc(NC(=O)C2CC2)cc1Nc1cc(F)cc(-c2ncn(C)n2)c1OC. The summed E-state index contributed by atoms with van der Waals surface area (Å²) < 4.78 is 43.4. The predicted octanol–water partition coefficient (Wildman–Crippen LogP) is 1.87. The second-order valence-corrected chi connectivity index (χ2v) is 7.11. The minimum Gasteiger partial charge on any atom is -0.494 e. The summed E-state index contributed by atoms with van der Waals surface area (Å²) in [7, 11) is 3.01.